The van der Waals surface area contributed by atoms with Crippen LogP contribution in [0.15, 0.2) is 52.7 Å². The first-order valence-corrected chi connectivity index (χ1v) is 11.3. The van der Waals surface area contributed by atoms with Gasteiger partial charge in [-0.3, -0.25) is 4.79 Å². The van der Waals surface area contributed by atoms with E-state index in [2.05, 4.69) is 26.2 Å². The van der Waals surface area contributed by atoms with Gasteiger partial charge in [0, 0.05) is 11.1 Å². The summed E-state index contributed by atoms with van der Waals surface area (Å²) in [6.45, 7) is 9.17. The Kier molecular flexibility index (Phi) is 8.88. The number of nitrogens with one attached hydrogen (secondary N) is 3. The summed E-state index contributed by atoms with van der Waals surface area (Å²) in [5.41, 5.74) is 3.52. The van der Waals surface area contributed by atoms with Gasteiger partial charge in [-0.25, -0.2) is 0 Å². The van der Waals surface area contributed by atoms with Gasteiger partial charge in [-0.05, 0) is 61.5 Å². The lowest BCUT2D eigenvalue weighted by molar-refractivity contribution is -0.129. The first-order valence-electron chi connectivity index (χ1n) is 9.80. The van der Waals surface area contributed by atoms with Gasteiger partial charge >= 0.3 is 0 Å². The van der Waals surface area contributed by atoms with Crippen LogP contribution in [0.4, 0.5) is 17.1 Å². The number of halogens is 3. The average Bonchev–Trinajstić information content (AvgIpc) is 2.67. The van der Waals surface area contributed by atoms with Crippen molar-refractivity contribution in [3.63, 3.8) is 0 Å². The van der Waals surface area contributed by atoms with Crippen LogP contribution in [0.5, 0.6) is 0 Å². The standard InChI is InChI=1S/C22H26Cl3N5OS/c1-13-8-6-7-9-17(13)30-29-15-10-11-16(14(2)12-15)26-20(32)28-18(22(23,24)25)27-19(31)21(3,4)5/h6-12,18H,1-5H3,(H,27,31)(H2,26,28,32). The molecule has 10 heteroatoms. The SMILES string of the molecule is Cc1ccccc1N=Nc1ccc(NC(=S)NC(NC(=O)C(C)(C)C)C(Cl)(Cl)Cl)c(C)c1. The van der Waals surface area contributed by atoms with Crippen molar-refractivity contribution >= 4 is 75.1 Å². The Morgan fingerprint density at radius 3 is 2.19 bits per heavy atom. The van der Waals surface area contributed by atoms with Crippen molar-refractivity contribution in [2.75, 3.05) is 5.32 Å². The van der Waals surface area contributed by atoms with Crippen LogP contribution in [0.3, 0.4) is 0 Å². The molecule has 2 rings (SSSR count). The molecule has 0 aliphatic rings. The highest BCUT2D eigenvalue weighted by molar-refractivity contribution is 7.80. The van der Waals surface area contributed by atoms with Crippen LogP contribution < -0.4 is 16.0 Å². The quantitative estimate of drug-likeness (QED) is 0.176. The van der Waals surface area contributed by atoms with Gasteiger partial charge < -0.3 is 16.0 Å². The number of hydrogen-bond acceptors (Lipinski definition) is 4. The zero-order chi connectivity index (χ0) is 24.1. The molecule has 2 aromatic rings. The van der Waals surface area contributed by atoms with Crippen molar-refractivity contribution in [2.45, 2.75) is 44.6 Å². The van der Waals surface area contributed by atoms with Crippen LogP contribution in [-0.2, 0) is 4.79 Å². The largest absolute Gasteiger partial charge is 0.339 e. The third-order valence-corrected chi connectivity index (χ3v) is 5.28. The van der Waals surface area contributed by atoms with E-state index in [1.807, 2.05) is 56.3 Å². The molecule has 1 unspecified atom stereocenters. The Hall–Kier alpha value is -1.93. The molecule has 0 saturated carbocycles. The molecule has 0 saturated heterocycles. The van der Waals surface area contributed by atoms with E-state index in [0.29, 0.717) is 5.69 Å². The summed E-state index contributed by atoms with van der Waals surface area (Å²) in [5.74, 6) is -0.288. The highest BCUT2D eigenvalue weighted by Crippen LogP contribution is 2.30. The second-order valence-corrected chi connectivity index (χ2v) is 11.1. The van der Waals surface area contributed by atoms with Crippen LogP contribution in [0.25, 0.3) is 0 Å². The van der Waals surface area contributed by atoms with Gasteiger partial charge in [-0.15, -0.1) is 0 Å². The number of thiocarbonyl (C=S) groups is 1. The van der Waals surface area contributed by atoms with Gasteiger partial charge in [-0.2, -0.15) is 10.2 Å². The number of aryl methyl sites for hydroxylation is 2. The molecule has 172 valence electrons. The summed E-state index contributed by atoms with van der Waals surface area (Å²) < 4.78 is -1.82. The molecule has 2 aromatic carbocycles. The summed E-state index contributed by atoms with van der Waals surface area (Å²) >= 11 is 23.5. The molecule has 0 bridgehead atoms. The minimum atomic E-state index is -1.82. The van der Waals surface area contributed by atoms with Crippen LogP contribution in [0, 0.1) is 19.3 Å². The topological polar surface area (TPSA) is 77.9 Å². The first-order chi connectivity index (χ1) is 14.8. The number of carbonyl (C=O) groups is 1. The average molecular weight is 515 g/mol. The van der Waals surface area contributed by atoms with Gasteiger partial charge in [0.2, 0.25) is 9.70 Å². The fourth-order valence-electron chi connectivity index (χ4n) is 2.47. The van der Waals surface area contributed by atoms with Crippen molar-refractivity contribution in [1.29, 1.82) is 0 Å². The number of anilines is 1. The summed E-state index contributed by atoms with van der Waals surface area (Å²) in [6, 6.07) is 13.3. The smallest absolute Gasteiger partial charge is 0.228 e. The molecule has 0 radical (unpaired) electrons. The molecule has 1 amide bonds. The molecule has 6 nitrogen and oxygen atoms in total. The molecule has 3 N–H and O–H groups in total. The number of amides is 1. The zero-order valence-corrected chi connectivity index (χ0v) is 21.5. The van der Waals surface area contributed by atoms with Crippen molar-refractivity contribution < 1.29 is 4.79 Å². The van der Waals surface area contributed by atoms with Crippen LogP contribution in [-0.4, -0.2) is 21.0 Å². The van der Waals surface area contributed by atoms with Gasteiger partial charge in [0.05, 0.1) is 11.4 Å². The van der Waals surface area contributed by atoms with Crippen LogP contribution in [0.2, 0.25) is 0 Å². The number of hydrogen-bond donors (Lipinski definition) is 3. The lowest BCUT2D eigenvalue weighted by Gasteiger charge is -2.30. The molecule has 0 fully saturated rings. The van der Waals surface area contributed by atoms with Gasteiger partial charge in [-0.1, -0.05) is 73.8 Å². The fourth-order valence-corrected chi connectivity index (χ4v) is 3.03. The van der Waals surface area contributed by atoms with E-state index in [0.717, 1.165) is 22.5 Å². The maximum absolute atomic E-state index is 12.3. The number of rotatable bonds is 5. The lowest BCUT2D eigenvalue weighted by atomic mass is 9.95. The fraction of sp³-hybridized carbons (Fsp3) is 0.364. The van der Waals surface area contributed by atoms with Crippen LogP contribution in [0.1, 0.15) is 31.9 Å². The van der Waals surface area contributed by atoms with E-state index in [-0.39, 0.29) is 11.0 Å². The Morgan fingerprint density at radius 2 is 1.62 bits per heavy atom. The highest BCUT2D eigenvalue weighted by Gasteiger charge is 2.36. The molecule has 0 heterocycles. The van der Waals surface area contributed by atoms with Crippen molar-refractivity contribution in [1.82, 2.24) is 10.6 Å². The molecular weight excluding hydrogens is 489 g/mol. The second kappa shape index (κ2) is 10.8. The van der Waals surface area contributed by atoms with Gasteiger partial charge in [0.15, 0.2) is 5.11 Å². The van der Waals surface area contributed by atoms with Gasteiger partial charge in [0.25, 0.3) is 0 Å². The second-order valence-electron chi connectivity index (χ2n) is 8.28. The lowest BCUT2D eigenvalue weighted by Crippen LogP contribution is -2.58. The number of carbonyl (C=O) groups excluding carboxylic acids is 1. The maximum atomic E-state index is 12.3. The normalized spacial score (nSPS) is 13.0. The number of benzene rings is 2. The molecule has 32 heavy (non-hydrogen) atoms. The van der Waals surface area contributed by atoms with E-state index < -0.39 is 15.4 Å². The maximum Gasteiger partial charge on any atom is 0.228 e. The predicted molar refractivity (Wildman–Crippen MR) is 138 cm³/mol. The predicted octanol–water partition coefficient (Wildman–Crippen LogP) is 6.86. The summed E-state index contributed by atoms with van der Waals surface area (Å²) in [5, 5.41) is 17.4. The molecule has 0 aromatic heterocycles. The highest BCUT2D eigenvalue weighted by atomic mass is 35.6. The van der Waals surface area contributed by atoms with Crippen molar-refractivity contribution in [3.8, 4) is 0 Å². The number of alkyl halides is 3. The van der Waals surface area contributed by atoms with E-state index in [1.54, 1.807) is 20.8 Å². The first kappa shape index (κ1) is 26.3. The zero-order valence-electron chi connectivity index (χ0n) is 18.5. The monoisotopic (exact) mass is 513 g/mol. The minimum absolute atomic E-state index is 0.188. The van der Waals surface area contributed by atoms with Crippen LogP contribution >= 0.6 is 47.0 Å². The summed E-state index contributed by atoms with van der Waals surface area (Å²) in [4.78, 5) is 12.3. The van der Waals surface area contributed by atoms with Gasteiger partial charge in [0.1, 0.15) is 6.17 Å². The molecule has 0 aliphatic carbocycles. The Labute approximate surface area is 209 Å². The Balaban J connectivity index is 2.08. The van der Waals surface area contributed by atoms with E-state index in [9.17, 15) is 4.79 Å². The van der Waals surface area contributed by atoms with Crippen molar-refractivity contribution in [3.05, 3.63) is 53.6 Å². The summed E-state index contributed by atoms with van der Waals surface area (Å²) in [7, 11) is 0. The molecular formula is C22H26Cl3N5OS. The van der Waals surface area contributed by atoms with Crippen molar-refractivity contribution in [2.24, 2.45) is 15.6 Å². The van der Waals surface area contributed by atoms with E-state index in [1.165, 1.54) is 0 Å². The molecule has 1 atom stereocenters. The number of azo groups is 1. The van der Waals surface area contributed by atoms with E-state index in [4.69, 9.17) is 47.0 Å². The number of nitrogens with zero attached hydrogens (tertiary/aromatic N) is 2. The third kappa shape index (κ3) is 7.89. The summed E-state index contributed by atoms with van der Waals surface area (Å²) in [6.07, 6.45) is -1.03. The Bertz CT molecular complexity index is 1020. The third-order valence-electron chi connectivity index (χ3n) is 4.41. The molecule has 0 spiro atoms. The van der Waals surface area contributed by atoms with E-state index >= 15 is 0 Å². The minimum Gasteiger partial charge on any atom is -0.339 e. The molecule has 0 aliphatic heterocycles. The Morgan fingerprint density at radius 1 is 0.969 bits per heavy atom.